The smallest absolute Gasteiger partial charge is 0.475 e. The maximum Gasteiger partial charge on any atom is 0.490 e. The van der Waals surface area contributed by atoms with Crippen LogP contribution >= 0.6 is 0 Å². The number of carbonyl (C=O) groups excluding carboxylic acids is 5. The minimum atomic E-state index is -5.08. The number of carboxylic acids is 1. The van der Waals surface area contributed by atoms with E-state index in [-0.39, 0.29) is 29.5 Å². The number of nitrogens with zero attached hydrogens (tertiary/aromatic N) is 3. The summed E-state index contributed by atoms with van der Waals surface area (Å²) in [5, 5.41) is 16.1. The number of halogens is 3. The van der Waals surface area contributed by atoms with E-state index in [1.807, 2.05) is 104 Å². The van der Waals surface area contributed by atoms with Crippen LogP contribution < -0.4 is 16.0 Å². The zero-order valence-electron chi connectivity index (χ0n) is 38.6. The molecule has 5 amide bonds. The molecule has 348 valence electrons. The fraction of sp³-hybridized carbons (Fsp3) is 0.574. The number of carbonyl (C=O) groups is 6. The van der Waals surface area contributed by atoms with E-state index in [1.165, 1.54) is 0 Å². The Labute approximate surface area is 370 Å². The largest absolute Gasteiger partial charge is 0.490 e. The molecule has 0 unspecified atom stereocenters. The van der Waals surface area contributed by atoms with Crippen LogP contribution in [0.4, 0.5) is 13.2 Å². The van der Waals surface area contributed by atoms with Crippen LogP contribution in [-0.4, -0.2) is 119 Å². The first-order valence-corrected chi connectivity index (χ1v) is 21.5. The average Bonchev–Trinajstić information content (AvgIpc) is 3.89. The lowest BCUT2D eigenvalue weighted by Crippen LogP contribution is -2.61. The van der Waals surface area contributed by atoms with Gasteiger partial charge in [0.2, 0.25) is 29.5 Å². The molecule has 0 aromatic heterocycles. The third-order valence-electron chi connectivity index (χ3n) is 11.9. The van der Waals surface area contributed by atoms with Crippen molar-refractivity contribution in [2.45, 2.75) is 136 Å². The summed E-state index contributed by atoms with van der Waals surface area (Å²) in [6.45, 7) is 19.3. The lowest BCUT2D eigenvalue weighted by molar-refractivity contribution is -0.192. The number of likely N-dealkylation sites (tertiary alicyclic amines) is 2. The van der Waals surface area contributed by atoms with Crippen molar-refractivity contribution >= 4 is 35.5 Å². The summed E-state index contributed by atoms with van der Waals surface area (Å²) < 4.78 is 31.7. The van der Waals surface area contributed by atoms with Crippen LogP contribution in [0.2, 0.25) is 0 Å². The van der Waals surface area contributed by atoms with Gasteiger partial charge in [0.1, 0.15) is 12.1 Å². The number of aryl methyl sites for hydroxylation is 1. The number of nitrogens with one attached hydrogen (secondary N) is 3. The monoisotopic (exact) mass is 885 g/mol. The van der Waals surface area contributed by atoms with Gasteiger partial charge in [-0.25, -0.2) is 4.79 Å². The van der Waals surface area contributed by atoms with Crippen molar-refractivity contribution in [1.29, 1.82) is 0 Å². The Morgan fingerprint density at radius 3 is 1.98 bits per heavy atom. The van der Waals surface area contributed by atoms with Gasteiger partial charge in [0.05, 0.1) is 18.1 Å². The Morgan fingerprint density at radius 1 is 0.873 bits per heavy atom. The molecule has 5 atom stereocenters. The van der Waals surface area contributed by atoms with Gasteiger partial charge in [-0.2, -0.15) is 13.2 Å². The Hall–Kier alpha value is -5.09. The summed E-state index contributed by atoms with van der Waals surface area (Å²) in [7, 11) is 3.46. The van der Waals surface area contributed by atoms with E-state index in [0.29, 0.717) is 37.9 Å². The van der Waals surface area contributed by atoms with Crippen molar-refractivity contribution < 1.29 is 47.0 Å². The highest BCUT2D eigenvalue weighted by Crippen LogP contribution is 2.30. The summed E-state index contributed by atoms with van der Waals surface area (Å²) >= 11 is 0. The Balaban J connectivity index is 0.00000139. The predicted molar refractivity (Wildman–Crippen MR) is 235 cm³/mol. The van der Waals surface area contributed by atoms with E-state index in [1.54, 1.807) is 36.9 Å². The number of likely N-dealkylation sites (N-methyl/N-ethyl adjacent to an activating group) is 2. The molecule has 2 saturated heterocycles. The minimum Gasteiger partial charge on any atom is -0.475 e. The van der Waals surface area contributed by atoms with Gasteiger partial charge in [-0.3, -0.25) is 34.2 Å². The van der Waals surface area contributed by atoms with Crippen LogP contribution in [0.5, 0.6) is 0 Å². The summed E-state index contributed by atoms with van der Waals surface area (Å²) in [6, 6.07) is 14.9. The number of rotatable bonds is 14. The summed E-state index contributed by atoms with van der Waals surface area (Å²) in [5.74, 6) is -4.46. The van der Waals surface area contributed by atoms with E-state index >= 15 is 0 Å². The molecule has 4 N–H and O–H groups in total. The number of hydrogen-bond acceptors (Lipinski definition) is 8. The van der Waals surface area contributed by atoms with Crippen LogP contribution in [0, 0.1) is 18.3 Å². The third-order valence-corrected chi connectivity index (χ3v) is 11.9. The summed E-state index contributed by atoms with van der Waals surface area (Å²) in [4.78, 5) is 83.6. The third kappa shape index (κ3) is 13.9. The van der Waals surface area contributed by atoms with E-state index in [2.05, 4.69) is 26.9 Å². The van der Waals surface area contributed by atoms with Crippen molar-refractivity contribution in [1.82, 2.24) is 30.7 Å². The second-order valence-electron chi connectivity index (χ2n) is 18.6. The topological polar surface area (TPSA) is 168 Å². The second kappa shape index (κ2) is 22.0. The van der Waals surface area contributed by atoms with Gasteiger partial charge in [0, 0.05) is 31.1 Å². The molecule has 0 spiro atoms. The lowest BCUT2D eigenvalue weighted by Gasteiger charge is -2.40. The molecule has 0 bridgehead atoms. The molecule has 2 aromatic carbocycles. The highest BCUT2D eigenvalue weighted by Gasteiger charge is 2.43. The van der Waals surface area contributed by atoms with Gasteiger partial charge in [0.15, 0.2) is 0 Å². The molecule has 16 heteroatoms. The molecular formula is C47H67F3N6O7. The first-order valence-electron chi connectivity index (χ1n) is 21.5. The fourth-order valence-electron chi connectivity index (χ4n) is 8.26. The molecule has 2 aromatic rings. The number of amides is 5. The van der Waals surface area contributed by atoms with Crippen LogP contribution in [0.1, 0.15) is 97.8 Å². The quantitative estimate of drug-likeness (QED) is 0.136. The Bertz CT molecular complexity index is 1960. The first-order chi connectivity index (χ1) is 29.2. The molecule has 2 aliphatic heterocycles. The van der Waals surface area contributed by atoms with Crippen molar-refractivity contribution in [3.8, 4) is 0 Å². The molecule has 2 heterocycles. The van der Waals surface area contributed by atoms with Crippen LogP contribution in [-0.2, 0) is 40.7 Å². The van der Waals surface area contributed by atoms with Crippen molar-refractivity contribution in [2.75, 3.05) is 27.2 Å². The van der Waals surface area contributed by atoms with Gasteiger partial charge in [-0.1, -0.05) is 115 Å². The zero-order chi connectivity index (χ0) is 47.6. The van der Waals surface area contributed by atoms with Gasteiger partial charge >= 0.3 is 12.1 Å². The number of hydrogen-bond donors (Lipinski definition) is 4. The van der Waals surface area contributed by atoms with Crippen LogP contribution in [0.3, 0.4) is 0 Å². The Kier molecular flexibility index (Phi) is 18.3. The summed E-state index contributed by atoms with van der Waals surface area (Å²) in [5.41, 5.74) is 2.41. The number of aliphatic carboxylic acids is 1. The van der Waals surface area contributed by atoms with Crippen LogP contribution in [0.25, 0.3) is 0 Å². The van der Waals surface area contributed by atoms with Crippen LogP contribution in [0.15, 0.2) is 66.2 Å². The molecule has 0 saturated carbocycles. The zero-order valence-corrected chi connectivity index (χ0v) is 38.6. The van der Waals surface area contributed by atoms with Crippen molar-refractivity contribution in [3.05, 3.63) is 82.9 Å². The number of benzene rings is 2. The highest BCUT2D eigenvalue weighted by molar-refractivity contribution is 6.03. The predicted octanol–water partition coefficient (Wildman–Crippen LogP) is 5.75. The summed E-state index contributed by atoms with van der Waals surface area (Å²) in [6.07, 6.45) is -0.643. The minimum absolute atomic E-state index is 0.0751. The molecule has 0 radical (unpaired) electrons. The molecule has 63 heavy (non-hydrogen) atoms. The molecule has 2 fully saturated rings. The Morgan fingerprint density at radius 2 is 1.44 bits per heavy atom. The van der Waals surface area contributed by atoms with Crippen molar-refractivity contribution in [2.24, 2.45) is 11.3 Å². The molecule has 13 nitrogen and oxygen atoms in total. The number of alkyl halides is 3. The van der Waals surface area contributed by atoms with Gasteiger partial charge in [0.25, 0.3) is 0 Å². The maximum absolute atomic E-state index is 14.4. The van der Waals surface area contributed by atoms with E-state index in [4.69, 9.17) is 9.90 Å². The molecule has 4 rings (SSSR count). The average molecular weight is 885 g/mol. The number of imide groups is 1. The normalized spacial score (nSPS) is 18.8. The van der Waals surface area contributed by atoms with Gasteiger partial charge in [-0.15, -0.1) is 0 Å². The van der Waals surface area contributed by atoms with Crippen molar-refractivity contribution in [3.63, 3.8) is 0 Å². The lowest BCUT2D eigenvalue weighted by atomic mass is 9.76. The van der Waals surface area contributed by atoms with Gasteiger partial charge < -0.3 is 25.5 Å². The standard InChI is InChI=1S/C45H66N6O5.C2HF3O2/c1-29(2)36(49(11)43(56)38(44(5,6)7)47-41(54)37(46-10)45(8,9)33-21-15-18-30(3)26-33)27-31(4)42(55)51-25-17-23-35(51)40(53)48-39(52)34-22-16-24-50(34)28-32-19-13-12-14-20-32;3-2(4,5)1(6)7/h12-15,18-21,26-27,29,34-38,46H,16-17,22-25,28H2,1-11H3,(H,47,54)(H,48,52,53);(H,6,7)/b31-27+;/t34-,35-,36-,37-,38-;/m1./s1. The molecule has 0 aliphatic carbocycles. The van der Waals surface area contributed by atoms with Gasteiger partial charge in [-0.05, 0) is 75.6 Å². The highest BCUT2D eigenvalue weighted by atomic mass is 19.4. The molecule has 2 aliphatic rings. The second-order valence-corrected chi connectivity index (χ2v) is 18.6. The first kappa shape index (κ1) is 52.3. The maximum atomic E-state index is 14.4. The fourth-order valence-corrected chi connectivity index (χ4v) is 8.26. The van der Waals surface area contributed by atoms with E-state index in [0.717, 1.165) is 29.7 Å². The van der Waals surface area contributed by atoms with E-state index in [9.17, 15) is 37.1 Å². The number of carboxylic acid groups (broad SMARTS) is 1. The SMILES string of the molecule is CN[C@H](C(=O)N[C@H](C(=O)N(C)[C@H](/C=C(\C)C(=O)N1CCC[C@@H]1C(=O)NC(=O)[C@H]1CCCN1Cc1ccccc1)C(C)C)C(C)(C)C)C(C)(C)c1cccc(C)c1.O=C(O)C(F)(F)F. The van der Waals surface area contributed by atoms with E-state index < -0.39 is 59.1 Å². The molecular weight excluding hydrogens is 818 g/mol.